The van der Waals surface area contributed by atoms with E-state index in [4.69, 9.17) is 20.8 Å². The van der Waals surface area contributed by atoms with Gasteiger partial charge in [-0.25, -0.2) is 8.42 Å². The third-order valence-corrected chi connectivity index (χ3v) is 5.82. The summed E-state index contributed by atoms with van der Waals surface area (Å²) in [6.45, 7) is 5.64. The molecule has 1 aromatic heterocycles. The molecule has 9 heteroatoms. The normalized spacial score (nSPS) is 25.0. The van der Waals surface area contributed by atoms with Gasteiger partial charge in [0.1, 0.15) is 6.26 Å². The largest absolute Gasteiger partial charge is 0.451 e. The van der Waals surface area contributed by atoms with E-state index in [9.17, 15) is 8.42 Å². The van der Waals surface area contributed by atoms with Crippen LogP contribution in [0.25, 0.3) is 0 Å². The minimum Gasteiger partial charge on any atom is -0.451 e. The number of rotatable bonds is 4. The highest BCUT2D eigenvalue weighted by atomic mass is 35.5. The molecule has 3 rings (SSSR count). The molecule has 1 aromatic rings. The van der Waals surface area contributed by atoms with E-state index in [1.165, 1.54) is 10.6 Å². The number of morpholine rings is 1. The summed E-state index contributed by atoms with van der Waals surface area (Å²) >= 11 is 5.84. The van der Waals surface area contributed by atoms with E-state index in [-0.39, 0.29) is 6.10 Å². The fraction of sp³-hybridized carbons (Fsp3) is 0.714. The SMILES string of the molecule is CS(=O)(=O)N1CCN(CC2CN(c3coc(Cl)c3)CCO2)CC1. The van der Waals surface area contributed by atoms with Gasteiger partial charge in [-0.2, -0.15) is 4.31 Å². The van der Waals surface area contributed by atoms with Gasteiger partial charge in [0.2, 0.25) is 10.0 Å². The molecule has 1 atom stereocenters. The van der Waals surface area contributed by atoms with Gasteiger partial charge in [0.05, 0.1) is 24.7 Å². The number of hydrogen-bond acceptors (Lipinski definition) is 6. The first kappa shape index (κ1) is 17.0. The Balaban J connectivity index is 1.51. The maximum atomic E-state index is 11.5. The van der Waals surface area contributed by atoms with E-state index in [0.29, 0.717) is 24.9 Å². The van der Waals surface area contributed by atoms with Crippen LogP contribution in [0.5, 0.6) is 0 Å². The van der Waals surface area contributed by atoms with E-state index in [0.717, 1.165) is 38.4 Å². The molecule has 0 spiro atoms. The Labute approximate surface area is 141 Å². The van der Waals surface area contributed by atoms with Crippen molar-refractivity contribution in [2.45, 2.75) is 6.10 Å². The van der Waals surface area contributed by atoms with Gasteiger partial charge in [0.15, 0.2) is 5.22 Å². The van der Waals surface area contributed by atoms with Crippen LogP contribution in [0.2, 0.25) is 5.22 Å². The number of furan rings is 1. The molecule has 2 aliphatic heterocycles. The Bertz CT molecular complexity index is 628. The van der Waals surface area contributed by atoms with E-state index in [2.05, 4.69) is 9.80 Å². The minimum absolute atomic E-state index is 0.0993. The minimum atomic E-state index is -3.08. The summed E-state index contributed by atoms with van der Waals surface area (Å²) in [4.78, 5) is 4.47. The van der Waals surface area contributed by atoms with Crippen LogP contribution in [0.4, 0.5) is 5.69 Å². The molecule has 2 aliphatic rings. The number of halogens is 1. The molecule has 1 unspecified atom stereocenters. The molecule has 7 nitrogen and oxygen atoms in total. The zero-order valence-corrected chi connectivity index (χ0v) is 14.7. The van der Waals surface area contributed by atoms with Crippen molar-refractivity contribution in [2.24, 2.45) is 0 Å². The maximum Gasteiger partial charge on any atom is 0.211 e. The number of piperazine rings is 1. The summed E-state index contributed by atoms with van der Waals surface area (Å²) in [7, 11) is -3.08. The van der Waals surface area contributed by atoms with Crippen LogP contribution in [-0.2, 0) is 14.8 Å². The Kier molecular flexibility index (Phi) is 5.17. The van der Waals surface area contributed by atoms with E-state index in [1.807, 2.05) is 6.07 Å². The van der Waals surface area contributed by atoms with E-state index in [1.54, 1.807) is 6.26 Å². The molecule has 0 saturated carbocycles. The van der Waals surface area contributed by atoms with Crippen LogP contribution in [0.1, 0.15) is 0 Å². The summed E-state index contributed by atoms with van der Waals surface area (Å²) in [5.74, 6) is 0. The van der Waals surface area contributed by atoms with Gasteiger partial charge in [-0.05, 0) is 11.6 Å². The lowest BCUT2D eigenvalue weighted by atomic mass is 10.2. The monoisotopic (exact) mass is 363 g/mol. The van der Waals surface area contributed by atoms with Crippen molar-refractivity contribution in [1.82, 2.24) is 9.21 Å². The maximum absolute atomic E-state index is 11.5. The van der Waals surface area contributed by atoms with Crippen LogP contribution < -0.4 is 4.90 Å². The highest BCUT2D eigenvalue weighted by Gasteiger charge is 2.28. The number of nitrogens with zero attached hydrogens (tertiary/aromatic N) is 3. The average Bonchev–Trinajstić information content (AvgIpc) is 2.94. The van der Waals surface area contributed by atoms with Crippen LogP contribution in [0.3, 0.4) is 0 Å². The molecule has 130 valence electrons. The van der Waals surface area contributed by atoms with Crippen LogP contribution in [0.15, 0.2) is 16.7 Å². The molecule has 0 radical (unpaired) electrons. The molecule has 2 saturated heterocycles. The fourth-order valence-electron chi connectivity index (χ4n) is 3.06. The van der Waals surface area contributed by atoms with Gasteiger partial charge < -0.3 is 14.1 Å². The summed E-state index contributed by atoms with van der Waals surface area (Å²) in [5.41, 5.74) is 0.977. The van der Waals surface area contributed by atoms with Crippen molar-refractivity contribution in [1.29, 1.82) is 0 Å². The lowest BCUT2D eigenvalue weighted by molar-refractivity contribution is 0.00990. The van der Waals surface area contributed by atoms with Crippen molar-refractivity contribution in [3.05, 3.63) is 17.5 Å². The summed E-state index contributed by atoms with van der Waals surface area (Å²) in [6, 6.07) is 1.81. The van der Waals surface area contributed by atoms with Gasteiger partial charge in [0, 0.05) is 51.9 Å². The summed E-state index contributed by atoms with van der Waals surface area (Å²) < 4.78 is 35.6. The number of ether oxygens (including phenoxy) is 1. The quantitative estimate of drug-likeness (QED) is 0.785. The Morgan fingerprint density at radius 1 is 1.26 bits per heavy atom. The van der Waals surface area contributed by atoms with Crippen molar-refractivity contribution in [2.75, 3.05) is 63.6 Å². The Morgan fingerprint density at radius 3 is 2.61 bits per heavy atom. The predicted octanol–water partition coefficient (Wildman–Crippen LogP) is 0.715. The van der Waals surface area contributed by atoms with E-state index >= 15 is 0 Å². The number of sulfonamides is 1. The van der Waals surface area contributed by atoms with Crippen molar-refractivity contribution in [3.8, 4) is 0 Å². The fourth-order valence-corrected chi connectivity index (χ4v) is 4.05. The van der Waals surface area contributed by atoms with Gasteiger partial charge in [-0.1, -0.05) is 0 Å². The molecule has 23 heavy (non-hydrogen) atoms. The molecule has 3 heterocycles. The third kappa shape index (κ3) is 4.39. The predicted molar refractivity (Wildman–Crippen MR) is 88.5 cm³/mol. The molecular formula is C14H22ClN3O4S. The molecular weight excluding hydrogens is 342 g/mol. The number of anilines is 1. The molecule has 0 N–H and O–H groups in total. The summed E-state index contributed by atoms with van der Waals surface area (Å²) in [5, 5.41) is 0.389. The number of hydrogen-bond donors (Lipinski definition) is 0. The van der Waals surface area contributed by atoms with Gasteiger partial charge in [-0.3, -0.25) is 4.90 Å². The summed E-state index contributed by atoms with van der Waals surface area (Å²) in [6.07, 6.45) is 3.03. The molecule has 0 aromatic carbocycles. The third-order valence-electron chi connectivity index (χ3n) is 4.32. The van der Waals surface area contributed by atoms with Crippen LogP contribution >= 0.6 is 11.6 Å². The lowest BCUT2D eigenvalue weighted by Crippen LogP contribution is -2.53. The van der Waals surface area contributed by atoms with Crippen LogP contribution in [-0.4, -0.2) is 82.4 Å². The van der Waals surface area contributed by atoms with Crippen LogP contribution in [0, 0.1) is 0 Å². The van der Waals surface area contributed by atoms with E-state index < -0.39 is 10.0 Å². The topological polar surface area (TPSA) is 66.2 Å². The zero-order chi connectivity index (χ0) is 16.4. The van der Waals surface area contributed by atoms with Gasteiger partial charge >= 0.3 is 0 Å². The first-order valence-electron chi connectivity index (χ1n) is 7.70. The highest BCUT2D eigenvalue weighted by molar-refractivity contribution is 7.88. The van der Waals surface area contributed by atoms with Crippen molar-refractivity contribution < 1.29 is 17.6 Å². The Hall–Kier alpha value is -0.800. The highest BCUT2D eigenvalue weighted by Crippen LogP contribution is 2.24. The smallest absolute Gasteiger partial charge is 0.211 e. The molecule has 0 amide bonds. The second-order valence-corrected chi connectivity index (χ2v) is 8.37. The molecule has 2 fully saturated rings. The standard InChI is InChI=1S/C14H22ClN3O4S/c1-23(19,20)18-4-2-16(3-5-18)9-13-10-17(6-7-21-13)12-8-14(15)22-11-12/h8,11,13H,2-7,9-10H2,1H3. The Morgan fingerprint density at radius 2 is 2.00 bits per heavy atom. The first-order chi connectivity index (χ1) is 10.9. The van der Waals surface area contributed by atoms with Gasteiger partial charge in [0.25, 0.3) is 0 Å². The lowest BCUT2D eigenvalue weighted by Gasteiger charge is -2.38. The zero-order valence-electron chi connectivity index (χ0n) is 13.1. The second kappa shape index (κ2) is 6.98. The van der Waals surface area contributed by atoms with Crippen molar-refractivity contribution >= 4 is 27.3 Å². The average molecular weight is 364 g/mol. The molecule has 0 bridgehead atoms. The van der Waals surface area contributed by atoms with Crippen molar-refractivity contribution in [3.63, 3.8) is 0 Å². The molecule has 0 aliphatic carbocycles. The first-order valence-corrected chi connectivity index (χ1v) is 9.92. The second-order valence-electron chi connectivity index (χ2n) is 6.01. The van der Waals surface area contributed by atoms with Gasteiger partial charge in [-0.15, -0.1) is 0 Å².